The standard InChI is InChI=1S/C14H19N3OS2/c1-4-17-11(2)15-16-14(17)20-10-9-18-12-5-7-13(19-3)8-6-12/h5-8H,4,9-10H2,1-3H3. The molecule has 0 unspecified atom stereocenters. The highest BCUT2D eigenvalue weighted by Gasteiger charge is 2.07. The maximum atomic E-state index is 5.72. The van der Waals surface area contributed by atoms with Gasteiger partial charge in [-0.2, -0.15) is 0 Å². The van der Waals surface area contributed by atoms with E-state index in [2.05, 4.69) is 40.1 Å². The number of ether oxygens (including phenoxy) is 1. The molecular formula is C14H19N3OS2. The Kier molecular flexibility index (Phi) is 5.79. The zero-order chi connectivity index (χ0) is 14.4. The molecule has 0 amide bonds. The van der Waals surface area contributed by atoms with Crippen molar-refractivity contribution in [3.8, 4) is 5.75 Å². The molecule has 2 rings (SSSR count). The fraction of sp³-hybridized carbons (Fsp3) is 0.429. The summed E-state index contributed by atoms with van der Waals surface area (Å²) in [7, 11) is 0. The Morgan fingerprint density at radius 3 is 2.60 bits per heavy atom. The quantitative estimate of drug-likeness (QED) is 0.578. The van der Waals surface area contributed by atoms with Crippen molar-refractivity contribution in [3.63, 3.8) is 0 Å². The largest absolute Gasteiger partial charge is 0.493 e. The molecule has 0 aliphatic rings. The van der Waals surface area contributed by atoms with Crippen molar-refractivity contribution in [1.29, 1.82) is 0 Å². The highest BCUT2D eigenvalue weighted by Crippen LogP contribution is 2.20. The van der Waals surface area contributed by atoms with Gasteiger partial charge in [-0.1, -0.05) is 11.8 Å². The number of benzene rings is 1. The molecule has 6 heteroatoms. The van der Waals surface area contributed by atoms with Gasteiger partial charge in [0.25, 0.3) is 0 Å². The molecule has 0 saturated heterocycles. The van der Waals surface area contributed by atoms with E-state index < -0.39 is 0 Å². The Morgan fingerprint density at radius 1 is 1.20 bits per heavy atom. The van der Waals surface area contributed by atoms with Crippen LogP contribution in [0.3, 0.4) is 0 Å². The Hall–Kier alpha value is -1.14. The normalized spacial score (nSPS) is 10.8. The Labute approximate surface area is 128 Å². The Morgan fingerprint density at radius 2 is 1.95 bits per heavy atom. The number of nitrogens with zero attached hydrogens (tertiary/aromatic N) is 3. The van der Waals surface area contributed by atoms with Crippen LogP contribution in [0.25, 0.3) is 0 Å². The van der Waals surface area contributed by atoms with Gasteiger partial charge in [0.2, 0.25) is 0 Å². The van der Waals surface area contributed by atoms with E-state index in [-0.39, 0.29) is 0 Å². The van der Waals surface area contributed by atoms with Crippen molar-refractivity contribution >= 4 is 23.5 Å². The van der Waals surface area contributed by atoms with Crippen LogP contribution in [0.5, 0.6) is 5.75 Å². The lowest BCUT2D eigenvalue weighted by atomic mass is 10.3. The summed E-state index contributed by atoms with van der Waals surface area (Å²) in [6.07, 6.45) is 2.07. The van der Waals surface area contributed by atoms with Gasteiger partial charge in [0.05, 0.1) is 6.61 Å². The van der Waals surface area contributed by atoms with E-state index in [0.717, 1.165) is 29.0 Å². The van der Waals surface area contributed by atoms with Crippen molar-refractivity contribution in [2.24, 2.45) is 0 Å². The molecule has 20 heavy (non-hydrogen) atoms. The van der Waals surface area contributed by atoms with E-state index in [1.165, 1.54) is 4.90 Å². The molecular weight excluding hydrogens is 290 g/mol. The Bertz CT molecular complexity index is 540. The van der Waals surface area contributed by atoms with Crippen LogP contribution in [0.1, 0.15) is 12.7 Å². The molecule has 0 fully saturated rings. The summed E-state index contributed by atoms with van der Waals surface area (Å²) in [6, 6.07) is 8.17. The molecule has 0 bridgehead atoms. The predicted octanol–water partition coefficient (Wildman–Crippen LogP) is 3.50. The van der Waals surface area contributed by atoms with E-state index in [1.54, 1.807) is 23.5 Å². The van der Waals surface area contributed by atoms with Crippen molar-refractivity contribution in [2.75, 3.05) is 18.6 Å². The second kappa shape index (κ2) is 7.59. The summed E-state index contributed by atoms with van der Waals surface area (Å²) in [5.41, 5.74) is 0. The van der Waals surface area contributed by atoms with Crippen LogP contribution in [0, 0.1) is 6.92 Å². The summed E-state index contributed by atoms with van der Waals surface area (Å²) in [4.78, 5) is 1.25. The van der Waals surface area contributed by atoms with Gasteiger partial charge in [0, 0.05) is 17.2 Å². The first-order valence-electron chi connectivity index (χ1n) is 6.54. The van der Waals surface area contributed by atoms with Crippen LogP contribution in [0.15, 0.2) is 34.3 Å². The lowest BCUT2D eigenvalue weighted by Crippen LogP contribution is -2.03. The van der Waals surface area contributed by atoms with Crippen molar-refractivity contribution < 1.29 is 4.74 Å². The van der Waals surface area contributed by atoms with Crippen LogP contribution in [-0.4, -0.2) is 33.4 Å². The highest BCUT2D eigenvalue weighted by atomic mass is 32.2. The van der Waals surface area contributed by atoms with E-state index in [9.17, 15) is 0 Å². The lowest BCUT2D eigenvalue weighted by molar-refractivity contribution is 0.343. The average molecular weight is 309 g/mol. The van der Waals surface area contributed by atoms with Gasteiger partial charge in [-0.05, 0) is 44.4 Å². The molecule has 0 saturated carbocycles. The number of thioether (sulfide) groups is 2. The number of rotatable bonds is 7. The fourth-order valence-electron chi connectivity index (χ4n) is 1.80. The van der Waals surface area contributed by atoms with Gasteiger partial charge >= 0.3 is 0 Å². The number of aromatic nitrogens is 3. The molecule has 0 spiro atoms. The van der Waals surface area contributed by atoms with Crippen molar-refractivity contribution in [3.05, 3.63) is 30.1 Å². The summed E-state index contributed by atoms with van der Waals surface area (Å²) in [5, 5.41) is 9.23. The Balaban J connectivity index is 1.78. The summed E-state index contributed by atoms with van der Waals surface area (Å²) in [5.74, 6) is 2.74. The zero-order valence-corrected chi connectivity index (χ0v) is 13.6. The minimum Gasteiger partial charge on any atom is -0.493 e. The lowest BCUT2D eigenvalue weighted by Gasteiger charge is -2.07. The number of hydrogen-bond acceptors (Lipinski definition) is 5. The molecule has 108 valence electrons. The van der Waals surface area contributed by atoms with E-state index in [1.807, 2.05) is 19.1 Å². The third-order valence-electron chi connectivity index (χ3n) is 2.86. The first-order valence-corrected chi connectivity index (χ1v) is 8.75. The molecule has 0 N–H and O–H groups in total. The van der Waals surface area contributed by atoms with Crippen LogP contribution < -0.4 is 4.74 Å². The maximum Gasteiger partial charge on any atom is 0.191 e. The second-order valence-corrected chi connectivity index (χ2v) is 6.09. The van der Waals surface area contributed by atoms with Gasteiger partial charge in [-0.3, -0.25) is 0 Å². The van der Waals surface area contributed by atoms with Gasteiger partial charge in [0.15, 0.2) is 5.16 Å². The average Bonchev–Trinajstić information content (AvgIpc) is 2.84. The maximum absolute atomic E-state index is 5.72. The van der Waals surface area contributed by atoms with Crippen molar-refractivity contribution in [2.45, 2.75) is 30.4 Å². The molecule has 2 aromatic rings. The van der Waals surface area contributed by atoms with Gasteiger partial charge in [0.1, 0.15) is 11.6 Å². The number of aryl methyl sites for hydroxylation is 1. The smallest absolute Gasteiger partial charge is 0.191 e. The molecule has 1 heterocycles. The topological polar surface area (TPSA) is 39.9 Å². The fourth-order valence-corrected chi connectivity index (χ4v) is 3.07. The van der Waals surface area contributed by atoms with Gasteiger partial charge in [-0.15, -0.1) is 22.0 Å². The third-order valence-corrected chi connectivity index (χ3v) is 4.54. The monoisotopic (exact) mass is 309 g/mol. The molecule has 0 atom stereocenters. The summed E-state index contributed by atoms with van der Waals surface area (Å²) >= 11 is 3.41. The third kappa shape index (κ3) is 3.93. The SMILES string of the molecule is CCn1c(C)nnc1SCCOc1ccc(SC)cc1. The first kappa shape index (κ1) is 15.3. The van der Waals surface area contributed by atoms with Crippen molar-refractivity contribution in [1.82, 2.24) is 14.8 Å². The molecule has 4 nitrogen and oxygen atoms in total. The van der Waals surface area contributed by atoms with Crippen LogP contribution >= 0.6 is 23.5 Å². The minimum absolute atomic E-state index is 0.666. The summed E-state index contributed by atoms with van der Waals surface area (Å²) < 4.78 is 7.83. The molecule has 1 aromatic carbocycles. The minimum atomic E-state index is 0.666. The molecule has 1 aromatic heterocycles. The second-order valence-electron chi connectivity index (χ2n) is 4.15. The molecule has 0 aliphatic carbocycles. The first-order chi connectivity index (χ1) is 9.74. The zero-order valence-electron chi connectivity index (χ0n) is 12.0. The van der Waals surface area contributed by atoms with Gasteiger partial charge < -0.3 is 9.30 Å². The van der Waals surface area contributed by atoms with E-state index in [0.29, 0.717) is 6.61 Å². The van der Waals surface area contributed by atoms with E-state index in [4.69, 9.17) is 4.74 Å². The van der Waals surface area contributed by atoms with Crippen LogP contribution in [0.2, 0.25) is 0 Å². The molecule has 0 radical (unpaired) electrons. The number of hydrogen-bond donors (Lipinski definition) is 0. The summed E-state index contributed by atoms with van der Waals surface area (Å²) in [6.45, 7) is 5.64. The highest BCUT2D eigenvalue weighted by molar-refractivity contribution is 7.99. The van der Waals surface area contributed by atoms with Crippen LogP contribution in [0.4, 0.5) is 0 Å². The predicted molar refractivity (Wildman–Crippen MR) is 84.9 cm³/mol. The molecule has 0 aliphatic heterocycles. The van der Waals surface area contributed by atoms with E-state index >= 15 is 0 Å². The van der Waals surface area contributed by atoms with Gasteiger partial charge in [-0.25, -0.2) is 0 Å². The van der Waals surface area contributed by atoms with Crippen LogP contribution in [-0.2, 0) is 6.54 Å².